The molecular formula is C16H16N4. The van der Waals surface area contributed by atoms with Gasteiger partial charge in [0.05, 0.1) is 23.1 Å². The molecule has 0 radical (unpaired) electrons. The molecule has 0 spiro atoms. The third-order valence-electron chi connectivity index (χ3n) is 3.21. The summed E-state index contributed by atoms with van der Waals surface area (Å²) in [7, 11) is 0. The molecule has 0 aliphatic carbocycles. The van der Waals surface area contributed by atoms with Crippen molar-refractivity contribution < 1.29 is 0 Å². The molecule has 3 N–H and O–H groups in total. The molecule has 0 atom stereocenters. The Bertz CT molecular complexity index is 781. The number of nitrogen functional groups attached to an aromatic ring is 1. The van der Waals surface area contributed by atoms with Crippen molar-refractivity contribution in [2.45, 2.75) is 13.8 Å². The predicted molar refractivity (Wildman–Crippen MR) is 83.1 cm³/mol. The Morgan fingerprint density at radius 2 is 1.95 bits per heavy atom. The van der Waals surface area contributed by atoms with Gasteiger partial charge >= 0.3 is 0 Å². The Labute approximate surface area is 117 Å². The number of aryl methyl sites for hydroxylation is 2. The number of aromatic nitrogens is 2. The van der Waals surface area contributed by atoms with Crippen molar-refractivity contribution in [3.05, 3.63) is 53.9 Å². The minimum atomic E-state index is 0.667. The van der Waals surface area contributed by atoms with Gasteiger partial charge in [-0.15, -0.1) is 0 Å². The van der Waals surface area contributed by atoms with Crippen LogP contribution in [0.3, 0.4) is 0 Å². The van der Waals surface area contributed by atoms with Crippen molar-refractivity contribution in [3.8, 4) is 0 Å². The van der Waals surface area contributed by atoms with Gasteiger partial charge in [-0.05, 0) is 37.6 Å². The van der Waals surface area contributed by atoms with Gasteiger partial charge in [0.15, 0.2) is 0 Å². The zero-order chi connectivity index (χ0) is 14.1. The lowest BCUT2D eigenvalue weighted by Crippen LogP contribution is -1.99. The van der Waals surface area contributed by atoms with E-state index < -0.39 is 0 Å². The summed E-state index contributed by atoms with van der Waals surface area (Å²) in [5.74, 6) is 0.801. The van der Waals surface area contributed by atoms with Crippen LogP contribution in [0.2, 0.25) is 0 Å². The minimum absolute atomic E-state index is 0.667. The van der Waals surface area contributed by atoms with Crippen LogP contribution in [-0.2, 0) is 0 Å². The maximum absolute atomic E-state index is 5.73. The molecule has 2 heterocycles. The second-order valence-electron chi connectivity index (χ2n) is 4.89. The largest absolute Gasteiger partial charge is 0.397 e. The van der Waals surface area contributed by atoms with Crippen LogP contribution in [0, 0.1) is 13.8 Å². The van der Waals surface area contributed by atoms with Gasteiger partial charge in [0.1, 0.15) is 5.82 Å². The van der Waals surface area contributed by atoms with Crippen LogP contribution in [0.15, 0.2) is 42.6 Å². The van der Waals surface area contributed by atoms with Crippen LogP contribution in [-0.4, -0.2) is 9.97 Å². The number of nitrogens with two attached hydrogens (primary N) is 1. The summed E-state index contributed by atoms with van der Waals surface area (Å²) in [6.07, 6.45) is 1.65. The van der Waals surface area contributed by atoms with E-state index in [1.54, 1.807) is 6.20 Å². The zero-order valence-corrected chi connectivity index (χ0v) is 11.5. The second-order valence-corrected chi connectivity index (χ2v) is 4.89. The van der Waals surface area contributed by atoms with Crippen LogP contribution in [0.1, 0.15) is 11.3 Å². The molecule has 0 bridgehead atoms. The number of rotatable bonds is 2. The molecule has 2 aromatic heterocycles. The quantitative estimate of drug-likeness (QED) is 0.742. The van der Waals surface area contributed by atoms with E-state index in [-0.39, 0.29) is 0 Å². The lowest BCUT2D eigenvalue weighted by atomic mass is 10.1. The second kappa shape index (κ2) is 4.81. The molecule has 0 unspecified atom stereocenters. The van der Waals surface area contributed by atoms with Crippen molar-refractivity contribution >= 4 is 28.1 Å². The summed E-state index contributed by atoms with van der Waals surface area (Å²) in [5.41, 5.74) is 10.3. The van der Waals surface area contributed by atoms with E-state index in [1.165, 1.54) is 0 Å². The van der Waals surface area contributed by atoms with Crippen LogP contribution in [0.4, 0.5) is 17.2 Å². The van der Waals surface area contributed by atoms with Gasteiger partial charge in [0.2, 0.25) is 0 Å². The summed E-state index contributed by atoms with van der Waals surface area (Å²) in [6.45, 7) is 3.97. The Morgan fingerprint density at radius 1 is 1.10 bits per heavy atom. The Morgan fingerprint density at radius 3 is 2.75 bits per heavy atom. The average molecular weight is 264 g/mol. The number of para-hydroxylation sites is 1. The molecule has 100 valence electrons. The molecule has 0 aliphatic heterocycles. The highest BCUT2D eigenvalue weighted by atomic mass is 15.0. The molecule has 0 amide bonds. The molecule has 1 aromatic carbocycles. The SMILES string of the molecule is Cc1ccc2cccc(Nc3ncc(N)cc3C)c2n1. The minimum Gasteiger partial charge on any atom is -0.397 e. The Hall–Kier alpha value is -2.62. The van der Waals surface area contributed by atoms with Gasteiger partial charge in [-0.25, -0.2) is 4.98 Å². The van der Waals surface area contributed by atoms with Crippen molar-refractivity contribution in [2.24, 2.45) is 0 Å². The molecule has 0 saturated carbocycles. The molecule has 0 aliphatic rings. The Kier molecular flexibility index (Phi) is 2.99. The maximum atomic E-state index is 5.73. The first-order chi connectivity index (χ1) is 9.63. The van der Waals surface area contributed by atoms with Crippen LogP contribution >= 0.6 is 0 Å². The number of pyridine rings is 2. The molecule has 4 heteroatoms. The van der Waals surface area contributed by atoms with E-state index >= 15 is 0 Å². The fraction of sp³-hybridized carbons (Fsp3) is 0.125. The summed E-state index contributed by atoms with van der Waals surface area (Å²) in [4.78, 5) is 8.94. The monoisotopic (exact) mass is 264 g/mol. The normalized spacial score (nSPS) is 10.7. The standard InChI is InChI=1S/C16H16N4/c1-10-8-13(17)9-18-16(10)20-14-5-3-4-12-7-6-11(2)19-15(12)14/h3-9H,17H2,1-2H3,(H,18,20). The summed E-state index contributed by atoms with van der Waals surface area (Å²) >= 11 is 0. The fourth-order valence-corrected chi connectivity index (χ4v) is 2.20. The first-order valence-corrected chi connectivity index (χ1v) is 6.49. The van der Waals surface area contributed by atoms with Crippen LogP contribution < -0.4 is 11.1 Å². The number of hydrogen-bond donors (Lipinski definition) is 2. The molecule has 0 saturated heterocycles. The van der Waals surface area contributed by atoms with Gasteiger partial charge in [-0.2, -0.15) is 0 Å². The molecule has 4 nitrogen and oxygen atoms in total. The summed E-state index contributed by atoms with van der Waals surface area (Å²) in [5, 5.41) is 4.45. The number of benzene rings is 1. The summed E-state index contributed by atoms with van der Waals surface area (Å²) < 4.78 is 0. The Balaban J connectivity index is 2.08. The van der Waals surface area contributed by atoms with Gasteiger partial charge in [0, 0.05) is 11.1 Å². The topological polar surface area (TPSA) is 63.8 Å². The lowest BCUT2D eigenvalue weighted by Gasteiger charge is -2.11. The first kappa shape index (κ1) is 12.4. The third kappa shape index (κ3) is 2.28. The van der Waals surface area contributed by atoms with Gasteiger partial charge in [-0.3, -0.25) is 4.98 Å². The smallest absolute Gasteiger partial charge is 0.133 e. The highest BCUT2D eigenvalue weighted by Gasteiger charge is 2.06. The highest BCUT2D eigenvalue weighted by molar-refractivity contribution is 5.92. The van der Waals surface area contributed by atoms with E-state index in [0.29, 0.717) is 5.69 Å². The fourth-order valence-electron chi connectivity index (χ4n) is 2.20. The number of anilines is 3. The van der Waals surface area contributed by atoms with E-state index in [2.05, 4.69) is 27.4 Å². The van der Waals surface area contributed by atoms with Gasteiger partial charge in [-0.1, -0.05) is 18.2 Å². The molecule has 20 heavy (non-hydrogen) atoms. The molecule has 3 aromatic rings. The number of nitrogens with zero attached hydrogens (tertiary/aromatic N) is 2. The summed E-state index contributed by atoms with van der Waals surface area (Å²) in [6, 6.07) is 12.1. The molecule has 3 rings (SSSR count). The van der Waals surface area contributed by atoms with E-state index in [9.17, 15) is 0 Å². The highest BCUT2D eigenvalue weighted by Crippen LogP contribution is 2.26. The lowest BCUT2D eigenvalue weighted by molar-refractivity contribution is 1.24. The van der Waals surface area contributed by atoms with E-state index in [0.717, 1.165) is 33.7 Å². The van der Waals surface area contributed by atoms with Crippen molar-refractivity contribution in [1.29, 1.82) is 0 Å². The van der Waals surface area contributed by atoms with Gasteiger partial charge in [0.25, 0.3) is 0 Å². The first-order valence-electron chi connectivity index (χ1n) is 6.49. The van der Waals surface area contributed by atoms with Crippen LogP contribution in [0.25, 0.3) is 10.9 Å². The van der Waals surface area contributed by atoms with Crippen molar-refractivity contribution in [2.75, 3.05) is 11.1 Å². The number of nitrogens with one attached hydrogen (secondary N) is 1. The molecule has 0 fully saturated rings. The number of hydrogen-bond acceptors (Lipinski definition) is 4. The van der Waals surface area contributed by atoms with E-state index in [4.69, 9.17) is 5.73 Å². The predicted octanol–water partition coefficient (Wildman–Crippen LogP) is 3.57. The van der Waals surface area contributed by atoms with Gasteiger partial charge < -0.3 is 11.1 Å². The average Bonchev–Trinajstić information content (AvgIpc) is 2.42. The van der Waals surface area contributed by atoms with Crippen molar-refractivity contribution in [1.82, 2.24) is 9.97 Å². The number of fused-ring (bicyclic) bond motifs is 1. The van der Waals surface area contributed by atoms with Crippen molar-refractivity contribution in [3.63, 3.8) is 0 Å². The third-order valence-corrected chi connectivity index (χ3v) is 3.21. The van der Waals surface area contributed by atoms with E-state index in [1.807, 2.05) is 38.1 Å². The molecular weight excluding hydrogens is 248 g/mol. The van der Waals surface area contributed by atoms with Crippen LogP contribution in [0.5, 0.6) is 0 Å². The zero-order valence-electron chi connectivity index (χ0n) is 11.5. The maximum Gasteiger partial charge on any atom is 0.133 e.